The van der Waals surface area contributed by atoms with Crippen molar-refractivity contribution >= 4 is 5.96 Å². The van der Waals surface area contributed by atoms with Crippen LogP contribution in [0.5, 0.6) is 11.5 Å². The largest absolute Gasteiger partial charge is 0.497 e. The lowest BCUT2D eigenvalue weighted by molar-refractivity contribution is 0.396. The monoisotopic (exact) mass is 325 g/mol. The van der Waals surface area contributed by atoms with E-state index in [4.69, 9.17) is 9.47 Å². The first-order valence-electron chi connectivity index (χ1n) is 8.11. The van der Waals surface area contributed by atoms with E-state index in [2.05, 4.69) is 39.9 Å². The molecule has 0 aliphatic carbocycles. The van der Waals surface area contributed by atoms with Crippen LogP contribution in [0, 0.1) is 0 Å². The van der Waals surface area contributed by atoms with E-state index in [9.17, 15) is 0 Å². The number of benzene rings is 2. The van der Waals surface area contributed by atoms with Crippen LogP contribution in [0.15, 0.2) is 53.5 Å². The summed E-state index contributed by atoms with van der Waals surface area (Å²) in [6.07, 6.45) is 0.769. The zero-order chi connectivity index (χ0) is 16.8. The molecule has 2 N–H and O–H groups in total. The minimum absolute atomic E-state index is 0.0940. The van der Waals surface area contributed by atoms with Gasteiger partial charge in [-0.05, 0) is 23.8 Å². The molecule has 2 aromatic rings. The molecular weight excluding hydrogens is 302 g/mol. The molecule has 1 aliphatic heterocycles. The SMILES string of the molecule is COc1ccc(OC)c(CC(NC2=NCCN2)c2ccccc2)c1. The number of hydrogen-bond acceptors (Lipinski definition) is 5. The van der Waals surface area contributed by atoms with Gasteiger partial charge in [0.15, 0.2) is 5.96 Å². The summed E-state index contributed by atoms with van der Waals surface area (Å²) >= 11 is 0. The molecule has 24 heavy (non-hydrogen) atoms. The van der Waals surface area contributed by atoms with E-state index in [0.717, 1.165) is 42.5 Å². The molecule has 0 spiro atoms. The van der Waals surface area contributed by atoms with E-state index in [0.29, 0.717) is 0 Å². The third-order valence-corrected chi connectivity index (χ3v) is 4.10. The van der Waals surface area contributed by atoms with Crippen molar-refractivity contribution in [1.29, 1.82) is 0 Å². The smallest absolute Gasteiger partial charge is 0.191 e. The molecule has 1 aliphatic rings. The first-order chi connectivity index (χ1) is 11.8. The quantitative estimate of drug-likeness (QED) is 0.857. The Hall–Kier alpha value is -2.69. The van der Waals surface area contributed by atoms with Crippen LogP contribution in [0.1, 0.15) is 17.2 Å². The highest BCUT2D eigenvalue weighted by Gasteiger charge is 2.18. The maximum atomic E-state index is 5.52. The standard InChI is InChI=1S/C19H23N3O2/c1-23-16-8-9-18(24-2)15(12-16)13-17(14-6-4-3-5-7-14)22-19-20-10-11-21-19/h3-9,12,17H,10-11,13H2,1-2H3,(H2,20,21,22). The number of nitrogens with one attached hydrogen (secondary N) is 2. The fraction of sp³-hybridized carbons (Fsp3) is 0.316. The Balaban J connectivity index is 1.88. The molecule has 0 fully saturated rings. The van der Waals surface area contributed by atoms with Crippen LogP contribution in [0.3, 0.4) is 0 Å². The molecule has 0 saturated carbocycles. The van der Waals surface area contributed by atoms with Crippen LogP contribution in [0.4, 0.5) is 0 Å². The summed E-state index contributed by atoms with van der Waals surface area (Å²) in [4.78, 5) is 4.46. The summed E-state index contributed by atoms with van der Waals surface area (Å²) in [7, 11) is 3.37. The number of methoxy groups -OCH3 is 2. The van der Waals surface area contributed by atoms with E-state index in [-0.39, 0.29) is 6.04 Å². The predicted molar refractivity (Wildman–Crippen MR) is 95.9 cm³/mol. The van der Waals surface area contributed by atoms with Gasteiger partial charge in [-0.1, -0.05) is 30.3 Å². The Morgan fingerprint density at radius 2 is 1.96 bits per heavy atom. The van der Waals surface area contributed by atoms with Crippen LogP contribution >= 0.6 is 0 Å². The molecule has 5 nitrogen and oxygen atoms in total. The van der Waals surface area contributed by atoms with Gasteiger partial charge in [0.25, 0.3) is 0 Å². The third-order valence-electron chi connectivity index (χ3n) is 4.10. The molecule has 1 heterocycles. The van der Waals surface area contributed by atoms with Gasteiger partial charge >= 0.3 is 0 Å². The van der Waals surface area contributed by atoms with Crippen molar-refractivity contribution < 1.29 is 9.47 Å². The molecule has 0 amide bonds. The fourth-order valence-electron chi connectivity index (χ4n) is 2.86. The van der Waals surface area contributed by atoms with Gasteiger partial charge in [-0.2, -0.15) is 0 Å². The lowest BCUT2D eigenvalue weighted by Crippen LogP contribution is -2.37. The fourth-order valence-corrected chi connectivity index (χ4v) is 2.86. The van der Waals surface area contributed by atoms with Crippen molar-refractivity contribution in [3.05, 3.63) is 59.7 Å². The highest BCUT2D eigenvalue weighted by atomic mass is 16.5. The minimum Gasteiger partial charge on any atom is -0.497 e. The van der Waals surface area contributed by atoms with E-state index in [1.54, 1.807) is 14.2 Å². The average molecular weight is 325 g/mol. The second-order valence-corrected chi connectivity index (χ2v) is 5.65. The number of hydrogen-bond donors (Lipinski definition) is 2. The predicted octanol–water partition coefficient (Wildman–Crippen LogP) is 2.54. The van der Waals surface area contributed by atoms with Crippen molar-refractivity contribution in [3.63, 3.8) is 0 Å². The van der Waals surface area contributed by atoms with Gasteiger partial charge in [-0.15, -0.1) is 0 Å². The molecule has 0 aromatic heterocycles. The van der Waals surface area contributed by atoms with E-state index in [1.165, 1.54) is 5.56 Å². The normalized spacial score (nSPS) is 14.5. The lowest BCUT2D eigenvalue weighted by Gasteiger charge is -2.22. The van der Waals surface area contributed by atoms with Gasteiger partial charge in [0, 0.05) is 18.5 Å². The second-order valence-electron chi connectivity index (χ2n) is 5.65. The molecule has 0 radical (unpaired) electrons. The van der Waals surface area contributed by atoms with Crippen molar-refractivity contribution in [2.45, 2.75) is 12.5 Å². The number of aliphatic imine (C=N–C) groups is 1. The van der Waals surface area contributed by atoms with Crippen LogP contribution in [0.25, 0.3) is 0 Å². The maximum Gasteiger partial charge on any atom is 0.191 e. The van der Waals surface area contributed by atoms with Crippen molar-refractivity contribution in [1.82, 2.24) is 10.6 Å². The molecule has 3 rings (SSSR count). The van der Waals surface area contributed by atoms with E-state index < -0.39 is 0 Å². The number of guanidine groups is 1. The number of rotatable bonds is 6. The van der Waals surface area contributed by atoms with Crippen molar-refractivity contribution in [2.75, 3.05) is 27.3 Å². The van der Waals surface area contributed by atoms with Gasteiger partial charge < -0.3 is 20.1 Å². The zero-order valence-electron chi connectivity index (χ0n) is 14.1. The minimum atomic E-state index is 0.0940. The van der Waals surface area contributed by atoms with Gasteiger partial charge in [0.05, 0.1) is 26.8 Å². The molecule has 126 valence electrons. The first-order valence-corrected chi connectivity index (χ1v) is 8.11. The van der Waals surface area contributed by atoms with Gasteiger partial charge in [-0.3, -0.25) is 4.99 Å². The lowest BCUT2D eigenvalue weighted by atomic mass is 9.98. The van der Waals surface area contributed by atoms with Gasteiger partial charge in [0.1, 0.15) is 11.5 Å². The summed E-state index contributed by atoms with van der Waals surface area (Å²) in [6.45, 7) is 1.69. The first kappa shape index (κ1) is 16.2. The zero-order valence-corrected chi connectivity index (χ0v) is 14.1. The van der Waals surface area contributed by atoms with Gasteiger partial charge in [0.2, 0.25) is 0 Å². The van der Waals surface area contributed by atoms with Crippen LogP contribution in [-0.4, -0.2) is 33.3 Å². The Bertz CT molecular complexity index is 701. The molecule has 2 aromatic carbocycles. The molecule has 1 atom stereocenters. The molecule has 1 unspecified atom stereocenters. The van der Waals surface area contributed by atoms with Crippen molar-refractivity contribution in [3.8, 4) is 11.5 Å². The number of ether oxygens (including phenoxy) is 2. The van der Waals surface area contributed by atoms with Gasteiger partial charge in [-0.25, -0.2) is 0 Å². The highest BCUT2D eigenvalue weighted by molar-refractivity contribution is 5.81. The van der Waals surface area contributed by atoms with E-state index in [1.807, 2.05) is 24.3 Å². The summed E-state index contributed by atoms with van der Waals surface area (Å²) in [5, 5.41) is 6.79. The maximum absolute atomic E-state index is 5.52. The average Bonchev–Trinajstić information content (AvgIpc) is 3.15. The van der Waals surface area contributed by atoms with Crippen LogP contribution in [0.2, 0.25) is 0 Å². The Morgan fingerprint density at radius 3 is 2.62 bits per heavy atom. The second kappa shape index (κ2) is 7.73. The Morgan fingerprint density at radius 1 is 1.12 bits per heavy atom. The molecule has 5 heteroatoms. The summed E-state index contributed by atoms with van der Waals surface area (Å²) in [5.41, 5.74) is 2.30. The van der Waals surface area contributed by atoms with Crippen LogP contribution < -0.4 is 20.1 Å². The topological polar surface area (TPSA) is 54.9 Å². The summed E-state index contributed by atoms with van der Waals surface area (Å²) in [6, 6.07) is 16.4. The number of nitrogens with zero attached hydrogens (tertiary/aromatic N) is 1. The van der Waals surface area contributed by atoms with Crippen molar-refractivity contribution in [2.24, 2.45) is 4.99 Å². The third kappa shape index (κ3) is 3.79. The van der Waals surface area contributed by atoms with Crippen LogP contribution in [-0.2, 0) is 6.42 Å². The summed E-state index contributed by atoms with van der Waals surface area (Å²) in [5.74, 6) is 2.54. The molecule has 0 saturated heterocycles. The Kier molecular flexibility index (Phi) is 5.21. The summed E-state index contributed by atoms with van der Waals surface area (Å²) < 4.78 is 10.9. The Labute approximate surface area is 142 Å². The van der Waals surface area contributed by atoms with E-state index >= 15 is 0 Å². The molecular formula is C19H23N3O2. The molecule has 0 bridgehead atoms. The highest BCUT2D eigenvalue weighted by Crippen LogP contribution is 2.28.